The predicted molar refractivity (Wildman–Crippen MR) is 136 cm³/mol. The van der Waals surface area contributed by atoms with Crippen LogP contribution in [0.15, 0.2) is 71.6 Å². The van der Waals surface area contributed by atoms with Crippen LogP contribution in [-0.4, -0.2) is 50.9 Å². The number of fused-ring (bicyclic) bond motifs is 1. The van der Waals surface area contributed by atoms with Crippen molar-refractivity contribution in [1.82, 2.24) is 4.31 Å². The number of sulfonamides is 1. The molecule has 1 amide bonds. The van der Waals surface area contributed by atoms with Crippen molar-refractivity contribution in [3.63, 3.8) is 0 Å². The number of esters is 1. The minimum atomic E-state index is -4.32. The van der Waals surface area contributed by atoms with E-state index in [1.165, 1.54) is 48.4 Å². The zero-order valence-corrected chi connectivity index (χ0v) is 21.8. The monoisotopic (exact) mass is 566 g/mol. The highest BCUT2D eigenvalue weighted by molar-refractivity contribution is 7.89. The standard InChI is InChI=1S/C25H21Cl2FN2O6S/c1-35-25(32)23-14-30(21-7-2-3-8-22(21)36-23)24(31)15-29(13-18-19(27)5-4-6-20(18)28)37(33,34)17-11-9-16(26)10-12-17/h2-12,23H,13-15H2,1H3/t23-/m0/s1. The van der Waals surface area contributed by atoms with Crippen molar-refractivity contribution in [2.75, 3.05) is 25.1 Å². The van der Waals surface area contributed by atoms with Crippen LogP contribution < -0.4 is 9.64 Å². The molecule has 0 radical (unpaired) electrons. The average molecular weight is 567 g/mol. The normalized spacial score (nSPS) is 15.2. The molecular weight excluding hydrogens is 546 g/mol. The first-order chi connectivity index (χ1) is 17.6. The smallest absolute Gasteiger partial charge is 0.348 e. The number of methoxy groups -OCH3 is 1. The maximum atomic E-state index is 14.6. The lowest BCUT2D eigenvalue weighted by Gasteiger charge is -2.34. The number of hydrogen-bond donors (Lipinski definition) is 0. The molecule has 3 aromatic carbocycles. The average Bonchev–Trinajstić information content (AvgIpc) is 2.89. The number of hydrogen-bond acceptors (Lipinski definition) is 6. The fraction of sp³-hybridized carbons (Fsp3) is 0.200. The molecule has 0 unspecified atom stereocenters. The van der Waals surface area contributed by atoms with Gasteiger partial charge in [-0.15, -0.1) is 0 Å². The molecule has 1 aliphatic rings. The van der Waals surface area contributed by atoms with Gasteiger partial charge in [-0.25, -0.2) is 17.6 Å². The van der Waals surface area contributed by atoms with E-state index in [0.29, 0.717) is 10.7 Å². The van der Waals surface area contributed by atoms with Crippen molar-refractivity contribution < 1.29 is 31.9 Å². The molecule has 1 atom stereocenters. The Labute approximate surface area is 223 Å². The Morgan fingerprint density at radius 1 is 1.08 bits per heavy atom. The molecule has 0 bridgehead atoms. The Hall–Kier alpha value is -3.18. The summed E-state index contributed by atoms with van der Waals surface area (Å²) in [7, 11) is -3.12. The molecule has 194 valence electrons. The second kappa shape index (κ2) is 11.1. The third-order valence-corrected chi connectivity index (χ3v) is 8.11. The molecule has 4 rings (SSSR count). The van der Waals surface area contributed by atoms with Crippen LogP contribution in [0, 0.1) is 5.82 Å². The van der Waals surface area contributed by atoms with Gasteiger partial charge in [-0.1, -0.05) is 41.4 Å². The summed E-state index contributed by atoms with van der Waals surface area (Å²) in [5.74, 6) is -1.84. The van der Waals surface area contributed by atoms with Crippen molar-refractivity contribution in [1.29, 1.82) is 0 Å². The number of rotatable bonds is 7. The van der Waals surface area contributed by atoms with Crippen LogP contribution in [0.3, 0.4) is 0 Å². The molecule has 12 heteroatoms. The van der Waals surface area contributed by atoms with E-state index < -0.39 is 46.9 Å². The van der Waals surface area contributed by atoms with E-state index in [0.717, 1.165) is 10.4 Å². The van der Waals surface area contributed by atoms with Gasteiger partial charge in [0.2, 0.25) is 22.0 Å². The second-order valence-electron chi connectivity index (χ2n) is 8.03. The summed E-state index contributed by atoms with van der Waals surface area (Å²) in [5.41, 5.74) is 0.254. The lowest BCUT2D eigenvalue weighted by Crippen LogP contribution is -2.50. The molecule has 3 aromatic rings. The SMILES string of the molecule is COC(=O)[C@@H]1CN(C(=O)CN(Cc2c(F)cccc2Cl)S(=O)(=O)c2ccc(Cl)cc2)c2ccccc2O1. The molecule has 0 fully saturated rings. The topological polar surface area (TPSA) is 93.2 Å². The van der Waals surface area contributed by atoms with Gasteiger partial charge in [-0.05, 0) is 48.5 Å². The third-order valence-electron chi connectivity index (χ3n) is 5.70. The number of nitrogens with zero attached hydrogens (tertiary/aromatic N) is 2. The first-order valence-corrected chi connectivity index (χ1v) is 13.1. The van der Waals surface area contributed by atoms with Gasteiger partial charge < -0.3 is 14.4 Å². The minimum absolute atomic E-state index is 0.00577. The van der Waals surface area contributed by atoms with E-state index in [-0.39, 0.29) is 27.8 Å². The number of carbonyl (C=O) groups is 2. The number of ether oxygens (including phenoxy) is 2. The molecule has 1 aliphatic heterocycles. The van der Waals surface area contributed by atoms with Gasteiger partial charge in [0.1, 0.15) is 11.6 Å². The van der Waals surface area contributed by atoms with Crippen LogP contribution in [0.4, 0.5) is 10.1 Å². The third kappa shape index (κ3) is 5.72. The Morgan fingerprint density at radius 2 is 1.78 bits per heavy atom. The zero-order valence-electron chi connectivity index (χ0n) is 19.4. The summed E-state index contributed by atoms with van der Waals surface area (Å²) in [6.45, 7) is -1.41. The van der Waals surface area contributed by atoms with Crippen LogP contribution in [0.5, 0.6) is 5.75 Å². The van der Waals surface area contributed by atoms with Crippen molar-refractivity contribution >= 4 is 50.8 Å². The molecule has 0 aliphatic carbocycles. The van der Waals surface area contributed by atoms with Gasteiger partial charge in [-0.2, -0.15) is 4.31 Å². The highest BCUT2D eigenvalue weighted by Crippen LogP contribution is 2.34. The largest absolute Gasteiger partial charge is 0.475 e. The van der Waals surface area contributed by atoms with Gasteiger partial charge in [-0.3, -0.25) is 4.79 Å². The molecular formula is C25H21Cl2FN2O6S. The number of halogens is 3. The molecule has 8 nitrogen and oxygen atoms in total. The molecule has 0 saturated carbocycles. The zero-order chi connectivity index (χ0) is 26.7. The lowest BCUT2D eigenvalue weighted by atomic mass is 10.1. The van der Waals surface area contributed by atoms with Gasteiger partial charge in [0.25, 0.3) is 0 Å². The number of benzene rings is 3. The summed E-state index contributed by atoms with van der Waals surface area (Å²) in [6.07, 6.45) is -1.12. The lowest BCUT2D eigenvalue weighted by molar-refractivity contribution is -0.148. The molecule has 0 N–H and O–H groups in total. The first-order valence-electron chi connectivity index (χ1n) is 10.9. The summed E-state index contributed by atoms with van der Waals surface area (Å²) >= 11 is 12.1. The summed E-state index contributed by atoms with van der Waals surface area (Å²) in [4.78, 5) is 26.9. The van der Waals surface area contributed by atoms with Crippen LogP contribution in [0.1, 0.15) is 5.56 Å². The number of amides is 1. The van der Waals surface area contributed by atoms with Crippen LogP contribution in [0.2, 0.25) is 10.0 Å². The summed E-state index contributed by atoms with van der Waals surface area (Å²) < 4.78 is 53.1. The Balaban J connectivity index is 1.72. The predicted octanol–water partition coefficient (Wildman–Crippen LogP) is 4.29. The van der Waals surface area contributed by atoms with Crippen LogP contribution in [0.25, 0.3) is 0 Å². The summed E-state index contributed by atoms with van der Waals surface area (Å²) in [5, 5.41) is 0.323. The minimum Gasteiger partial charge on any atom is -0.475 e. The first kappa shape index (κ1) is 26.9. The van der Waals surface area contributed by atoms with E-state index in [1.807, 2.05) is 0 Å². The number of carbonyl (C=O) groups excluding carboxylic acids is 2. The number of para-hydroxylation sites is 2. The fourth-order valence-electron chi connectivity index (χ4n) is 3.80. The van der Waals surface area contributed by atoms with Crippen molar-refractivity contribution in [2.24, 2.45) is 0 Å². The van der Waals surface area contributed by atoms with Crippen molar-refractivity contribution in [3.8, 4) is 5.75 Å². The van der Waals surface area contributed by atoms with Gasteiger partial charge in [0.15, 0.2) is 0 Å². The molecule has 0 aromatic heterocycles. The van der Waals surface area contributed by atoms with E-state index in [9.17, 15) is 22.4 Å². The highest BCUT2D eigenvalue weighted by Gasteiger charge is 2.37. The van der Waals surface area contributed by atoms with Crippen molar-refractivity contribution in [2.45, 2.75) is 17.5 Å². The quantitative estimate of drug-likeness (QED) is 0.396. The summed E-state index contributed by atoms with van der Waals surface area (Å²) in [6, 6.07) is 15.8. The molecule has 1 heterocycles. The molecule has 0 saturated heterocycles. The number of anilines is 1. The van der Waals surface area contributed by atoms with E-state index >= 15 is 0 Å². The second-order valence-corrected chi connectivity index (χ2v) is 10.8. The van der Waals surface area contributed by atoms with E-state index in [2.05, 4.69) is 0 Å². The molecule has 37 heavy (non-hydrogen) atoms. The van der Waals surface area contributed by atoms with Gasteiger partial charge in [0, 0.05) is 22.2 Å². The Morgan fingerprint density at radius 3 is 2.46 bits per heavy atom. The van der Waals surface area contributed by atoms with E-state index in [4.69, 9.17) is 32.7 Å². The maximum absolute atomic E-state index is 14.6. The van der Waals surface area contributed by atoms with Crippen LogP contribution >= 0.6 is 23.2 Å². The maximum Gasteiger partial charge on any atom is 0.348 e. The van der Waals surface area contributed by atoms with Gasteiger partial charge >= 0.3 is 5.97 Å². The fourth-order valence-corrected chi connectivity index (χ4v) is 5.51. The van der Waals surface area contributed by atoms with Crippen LogP contribution in [-0.2, 0) is 30.9 Å². The van der Waals surface area contributed by atoms with E-state index in [1.54, 1.807) is 24.3 Å². The van der Waals surface area contributed by atoms with Gasteiger partial charge in [0.05, 0.1) is 30.8 Å². The highest BCUT2D eigenvalue weighted by atomic mass is 35.5. The molecule has 0 spiro atoms. The Bertz CT molecular complexity index is 1420. The Kier molecular flexibility index (Phi) is 8.03. The van der Waals surface area contributed by atoms with Crippen molar-refractivity contribution in [3.05, 3.63) is 88.2 Å².